The summed E-state index contributed by atoms with van der Waals surface area (Å²) < 4.78 is 5.45. The molecule has 0 saturated carbocycles. The zero-order valence-electron chi connectivity index (χ0n) is 9.22. The molecule has 2 aromatic rings. The summed E-state index contributed by atoms with van der Waals surface area (Å²) in [5.74, 6) is 0.517. The van der Waals surface area contributed by atoms with Crippen LogP contribution in [0.15, 0.2) is 30.6 Å². The number of hydrogen-bond acceptors (Lipinski definition) is 4. The van der Waals surface area contributed by atoms with Crippen LogP contribution in [0.1, 0.15) is 11.1 Å². The normalized spacial score (nSPS) is 10.3. The van der Waals surface area contributed by atoms with Crippen molar-refractivity contribution in [3.63, 3.8) is 0 Å². The van der Waals surface area contributed by atoms with Crippen molar-refractivity contribution in [2.75, 3.05) is 0 Å². The Morgan fingerprint density at radius 3 is 2.65 bits per heavy atom. The molecule has 4 nitrogen and oxygen atoms in total. The lowest BCUT2D eigenvalue weighted by molar-refractivity contribution is 0.280. The van der Waals surface area contributed by atoms with Gasteiger partial charge in [-0.25, -0.2) is 9.97 Å². The highest BCUT2D eigenvalue weighted by Gasteiger charge is 2.05. The molecule has 17 heavy (non-hydrogen) atoms. The minimum Gasteiger partial charge on any atom is -0.423 e. The maximum atomic E-state index is 8.86. The molecule has 0 saturated heterocycles. The van der Waals surface area contributed by atoms with E-state index >= 15 is 0 Å². The van der Waals surface area contributed by atoms with Crippen LogP contribution < -0.4 is 4.74 Å². The Morgan fingerprint density at radius 1 is 1.29 bits per heavy atom. The Kier molecular flexibility index (Phi) is 3.56. The molecule has 2 rings (SSSR count). The summed E-state index contributed by atoms with van der Waals surface area (Å²) in [5.41, 5.74) is 1.67. The van der Waals surface area contributed by atoms with Crippen molar-refractivity contribution in [2.45, 2.75) is 13.5 Å². The summed E-state index contributed by atoms with van der Waals surface area (Å²) >= 11 is 5.98. The van der Waals surface area contributed by atoms with Gasteiger partial charge < -0.3 is 9.84 Å². The first-order valence-corrected chi connectivity index (χ1v) is 5.42. The topological polar surface area (TPSA) is 55.2 Å². The van der Waals surface area contributed by atoms with Crippen LogP contribution in [0.4, 0.5) is 0 Å². The van der Waals surface area contributed by atoms with E-state index in [1.165, 1.54) is 12.4 Å². The summed E-state index contributed by atoms with van der Waals surface area (Å²) in [5, 5.41) is 9.36. The van der Waals surface area contributed by atoms with Gasteiger partial charge in [0.15, 0.2) is 0 Å². The van der Waals surface area contributed by atoms with Crippen LogP contribution in [0.25, 0.3) is 0 Å². The number of hydrogen-bond donors (Lipinski definition) is 1. The van der Waals surface area contributed by atoms with Crippen LogP contribution >= 0.6 is 11.6 Å². The second kappa shape index (κ2) is 5.12. The number of halogens is 1. The van der Waals surface area contributed by atoms with Crippen molar-refractivity contribution >= 4 is 11.6 Å². The molecule has 0 aliphatic carbocycles. The molecule has 0 amide bonds. The summed E-state index contributed by atoms with van der Waals surface area (Å²) in [4.78, 5) is 7.93. The SMILES string of the molecule is Cc1ccc(Cl)c(Oc2ncc(CO)cn2)c1. The van der Waals surface area contributed by atoms with Crippen LogP contribution in [-0.4, -0.2) is 15.1 Å². The van der Waals surface area contributed by atoms with E-state index in [-0.39, 0.29) is 12.6 Å². The zero-order valence-corrected chi connectivity index (χ0v) is 9.98. The van der Waals surface area contributed by atoms with Gasteiger partial charge in [0.1, 0.15) is 5.75 Å². The summed E-state index contributed by atoms with van der Waals surface area (Å²) in [7, 11) is 0. The van der Waals surface area contributed by atoms with Gasteiger partial charge in [-0.05, 0) is 24.6 Å². The monoisotopic (exact) mass is 250 g/mol. The molecule has 0 fully saturated rings. The van der Waals surface area contributed by atoms with Crippen molar-refractivity contribution in [1.82, 2.24) is 9.97 Å². The Labute approximate surface area is 104 Å². The van der Waals surface area contributed by atoms with Crippen molar-refractivity contribution in [2.24, 2.45) is 0 Å². The van der Waals surface area contributed by atoms with E-state index in [4.69, 9.17) is 21.4 Å². The predicted octanol–water partition coefficient (Wildman–Crippen LogP) is 2.72. The first kappa shape index (κ1) is 11.8. The van der Waals surface area contributed by atoms with Gasteiger partial charge in [-0.15, -0.1) is 0 Å². The van der Waals surface area contributed by atoms with Crippen molar-refractivity contribution in [1.29, 1.82) is 0 Å². The van der Waals surface area contributed by atoms with E-state index in [9.17, 15) is 0 Å². The molecule has 0 aliphatic heterocycles. The molecule has 0 spiro atoms. The minimum absolute atomic E-state index is 0.0918. The Bertz CT molecular complexity index is 514. The molecule has 1 N–H and O–H groups in total. The van der Waals surface area contributed by atoms with Gasteiger partial charge >= 0.3 is 6.01 Å². The third kappa shape index (κ3) is 2.93. The second-order valence-corrected chi connectivity index (χ2v) is 3.98. The third-order valence-electron chi connectivity index (χ3n) is 2.15. The fraction of sp³-hybridized carbons (Fsp3) is 0.167. The van der Waals surface area contributed by atoms with E-state index < -0.39 is 0 Å². The molecule has 0 atom stereocenters. The fourth-order valence-corrected chi connectivity index (χ4v) is 1.42. The lowest BCUT2D eigenvalue weighted by Gasteiger charge is -2.06. The van der Waals surface area contributed by atoms with Gasteiger partial charge in [-0.2, -0.15) is 0 Å². The van der Waals surface area contributed by atoms with E-state index in [0.29, 0.717) is 16.3 Å². The predicted molar refractivity (Wildman–Crippen MR) is 64.2 cm³/mol. The lowest BCUT2D eigenvalue weighted by atomic mass is 10.2. The van der Waals surface area contributed by atoms with Crippen molar-refractivity contribution in [3.05, 3.63) is 46.7 Å². The highest BCUT2D eigenvalue weighted by molar-refractivity contribution is 6.32. The van der Waals surface area contributed by atoms with Crippen LogP contribution in [0.3, 0.4) is 0 Å². The molecular weight excluding hydrogens is 240 g/mol. The number of benzene rings is 1. The largest absolute Gasteiger partial charge is 0.423 e. The van der Waals surface area contributed by atoms with E-state index in [2.05, 4.69) is 9.97 Å². The standard InChI is InChI=1S/C12H11ClN2O2/c1-8-2-3-10(13)11(4-8)17-12-14-5-9(7-16)6-15-12/h2-6,16H,7H2,1H3. The number of aromatic nitrogens is 2. The van der Waals surface area contributed by atoms with Gasteiger partial charge in [0.05, 0.1) is 11.6 Å². The lowest BCUT2D eigenvalue weighted by Crippen LogP contribution is -1.94. The number of aliphatic hydroxyl groups is 1. The van der Waals surface area contributed by atoms with E-state index in [1.54, 1.807) is 6.07 Å². The molecule has 0 radical (unpaired) electrons. The Hall–Kier alpha value is -1.65. The molecule has 0 unspecified atom stereocenters. The smallest absolute Gasteiger partial charge is 0.321 e. The molecule has 5 heteroatoms. The highest BCUT2D eigenvalue weighted by atomic mass is 35.5. The van der Waals surface area contributed by atoms with Gasteiger partial charge in [0.25, 0.3) is 0 Å². The molecule has 1 heterocycles. The Morgan fingerprint density at radius 2 is 2.00 bits per heavy atom. The van der Waals surface area contributed by atoms with E-state index in [1.807, 2.05) is 19.1 Å². The molecule has 0 aliphatic rings. The third-order valence-corrected chi connectivity index (χ3v) is 2.46. The highest BCUT2D eigenvalue weighted by Crippen LogP contribution is 2.28. The number of aliphatic hydroxyl groups excluding tert-OH is 1. The van der Waals surface area contributed by atoms with Crippen LogP contribution in [0, 0.1) is 6.92 Å². The average molecular weight is 251 g/mol. The van der Waals surface area contributed by atoms with Crippen LogP contribution in [0.5, 0.6) is 11.8 Å². The summed E-state index contributed by atoms with van der Waals surface area (Å²) in [6, 6.07) is 5.67. The zero-order chi connectivity index (χ0) is 12.3. The molecule has 1 aromatic heterocycles. The van der Waals surface area contributed by atoms with Gasteiger partial charge in [-0.1, -0.05) is 17.7 Å². The molecule has 0 bridgehead atoms. The number of rotatable bonds is 3. The number of ether oxygens (including phenoxy) is 1. The summed E-state index contributed by atoms with van der Waals surface area (Å²) in [6.45, 7) is 1.85. The van der Waals surface area contributed by atoms with Gasteiger partial charge in [0.2, 0.25) is 0 Å². The van der Waals surface area contributed by atoms with Crippen LogP contribution in [-0.2, 0) is 6.61 Å². The quantitative estimate of drug-likeness (QED) is 0.910. The first-order chi connectivity index (χ1) is 8.19. The van der Waals surface area contributed by atoms with Crippen LogP contribution in [0.2, 0.25) is 5.02 Å². The van der Waals surface area contributed by atoms with Crippen molar-refractivity contribution < 1.29 is 9.84 Å². The van der Waals surface area contributed by atoms with Crippen molar-refractivity contribution in [3.8, 4) is 11.8 Å². The molecule has 1 aromatic carbocycles. The minimum atomic E-state index is -0.0918. The fourth-order valence-electron chi connectivity index (χ4n) is 1.26. The van der Waals surface area contributed by atoms with Gasteiger partial charge in [-0.3, -0.25) is 0 Å². The Balaban J connectivity index is 2.22. The molecular formula is C12H11ClN2O2. The average Bonchev–Trinajstić information content (AvgIpc) is 2.35. The summed E-state index contributed by atoms with van der Waals surface area (Å²) in [6.07, 6.45) is 3.01. The number of aryl methyl sites for hydroxylation is 1. The maximum Gasteiger partial charge on any atom is 0.321 e. The van der Waals surface area contributed by atoms with Gasteiger partial charge in [0, 0.05) is 18.0 Å². The molecule has 88 valence electrons. The first-order valence-electron chi connectivity index (χ1n) is 5.05. The second-order valence-electron chi connectivity index (χ2n) is 3.57. The number of nitrogens with zero attached hydrogens (tertiary/aromatic N) is 2. The van der Waals surface area contributed by atoms with E-state index in [0.717, 1.165) is 5.56 Å². The maximum absolute atomic E-state index is 8.86.